The number of carbonyl (C=O) groups excluding carboxylic acids is 1. The third kappa shape index (κ3) is 4.66. The number of benzene rings is 1. The molecule has 0 unspecified atom stereocenters. The first kappa shape index (κ1) is 20.5. The summed E-state index contributed by atoms with van der Waals surface area (Å²) in [6.45, 7) is 4.85. The van der Waals surface area contributed by atoms with Gasteiger partial charge in [-0.1, -0.05) is 0 Å². The van der Waals surface area contributed by atoms with Gasteiger partial charge in [-0.05, 0) is 51.3 Å². The summed E-state index contributed by atoms with van der Waals surface area (Å²) in [4.78, 5) is 18.3. The highest BCUT2D eigenvalue weighted by Crippen LogP contribution is 2.31. The maximum atomic E-state index is 12.6. The van der Waals surface area contributed by atoms with Crippen molar-refractivity contribution in [1.82, 2.24) is 4.98 Å². The van der Waals surface area contributed by atoms with Crippen LogP contribution in [0.1, 0.15) is 41.2 Å². The van der Waals surface area contributed by atoms with Crippen LogP contribution in [0.25, 0.3) is 0 Å². The second-order valence-corrected chi connectivity index (χ2v) is 6.96. The van der Waals surface area contributed by atoms with Gasteiger partial charge in [0, 0.05) is 16.5 Å². The van der Waals surface area contributed by atoms with Gasteiger partial charge in [-0.15, -0.1) is 23.7 Å². The van der Waals surface area contributed by atoms with Crippen LogP contribution in [0.4, 0.5) is 5.13 Å². The Bertz CT molecular complexity index is 766. The van der Waals surface area contributed by atoms with E-state index in [0.717, 1.165) is 25.0 Å². The number of ether oxygens (including phenoxy) is 2. The lowest BCUT2D eigenvalue weighted by atomic mass is 9.99. The molecule has 0 saturated carbocycles. The minimum atomic E-state index is -0.209. The lowest BCUT2D eigenvalue weighted by Crippen LogP contribution is -2.27. The van der Waals surface area contributed by atoms with Crippen molar-refractivity contribution in [2.45, 2.75) is 39.2 Å². The van der Waals surface area contributed by atoms with Crippen molar-refractivity contribution < 1.29 is 14.3 Å². The summed E-state index contributed by atoms with van der Waals surface area (Å²) < 4.78 is 11.1. The Labute approximate surface area is 163 Å². The summed E-state index contributed by atoms with van der Waals surface area (Å²) in [5.41, 5.74) is 7.57. The molecule has 3 rings (SSSR count). The van der Waals surface area contributed by atoms with Crippen molar-refractivity contribution in [2.24, 2.45) is 5.73 Å². The molecule has 2 aromatic rings. The SMILES string of the molecule is CCOc1ccc(C(=O)Nc2nc3c(s2)C[C@@H](N)CC3)cc1OCC.Cl. The number of amides is 1. The molecule has 0 fully saturated rings. The van der Waals surface area contributed by atoms with Crippen LogP contribution in [0, 0.1) is 0 Å². The molecule has 1 aromatic heterocycles. The molecule has 26 heavy (non-hydrogen) atoms. The molecule has 1 amide bonds. The van der Waals surface area contributed by atoms with E-state index >= 15 is 0 Å². The molecule has 1 aliphatic carbocycles. The summed E-state index contributed by atoms with van der Waals surface area (Å²) in [5, 5.41) is 3.50. The van der Waals surface area contributed by atoms with Crippen molar-refractivity contribution in [3.63, 3.8) is 0 Å². The highest BCUT2D eigenvalue weighted by molar-refractivity contribution is 7.15. The number of hydrogen-bond acceptors (Lipinski definition) is 6. The van der Waals surface area contributed by atoms with Crippen molar-refractivity contribution in [1.29, 1.82) is 0 Å². The van der Waals surface area contributed by atoms with Gasteiger partial charge in [-0.3, -0.25) is 10.1 Å². The average molecular weight is 398 g/mol. The molecule has 142 valence electrons. The van der Waals surface area contributed by atoms with Gasteiger partial charge in [0.05, 0.1) is 18.9 Å². The van der Waals surface area contributed by atoms with E-state index in [-0.39, 0.29) is 24.4 Å². The van der Waals surface area contributed by atoms with Crippen LogP contribution >= 0.6 is 23.7 Å². The van der Waals surface area contributed by atoms with E-state index in [4.69, 9.17) is 15.2 Å². The fraction of sp³-hybridized carbons (Fsp3) is 0.444. The van der Waals surface area contributed by atoms with E-state index in [1.807, 2.05) is 13.8 Å². The zero-order valence-corrected chi connectivity index (χ0v) is 16.5. The minimum absolute atomic E-state index is 0. The van der Waals surface area contributed by atoms with E-state index in [2.05, 4.69) is 10.3 Å². The quantitative estimate of drug-likeness (QED) is 0.779. The van der Waals surface area contributed by atoms with Gasteiger partial charge in [0.25, 0.3) is 5.91 Å². The maximum Gasteiger partial charge on any atom is 0.257 e. The topological polar surface area (TPSA) is 86.5 Å². The van der Waals surface area contributed by atoms with E-state index in [0.29, 0.717) is 35.4 Å². The molecular weight excluding hydrogens is 374 g/mol. The molecule has 1 aliphatic rings. The van der Waals surface area contributed by atoms with Gasteiger partial charge in [-0.2, -0.15) is 0 Å². The van der Waals surface area contributed by atoms with Gasteiger partial charge in [0.1, 0.15) is 0 Å². The number of aryl methyl sites for hydroxylation is 1. The second kappa shape index (κ2) is 9.21. The first-order valence-electron chi connectivity index (χ1n) is 8.55. The second-order valence-electron chi connectivity index (χ2n) is 5.87. The smallest absolute Gasteiger partial charge is 0.257 e. The minimum Gasteiger partial charge on any atom is -0.490 e. The first-order chi connectivity index (χ1) is 12.1. The number of nitrogens with two attached hydrogens (primary N) is 1. The van der Waals surface area contributed by atoms with Crippen LogP contribution in [-0.4, -0.2) is 30.1 Å². The summed E-state index contributed by atoms with van der Waals surface area (Å²) in [6.07, 6.45) is 2.65. The molecule has 1 atom stereocenters. The van der Waals surface area contributed by atoms with Crippen molar-refractivity contribution in [3.05, 3.63) is 34.3 Å². The highest BCUT2D eigenvalue weighted by atomic mass is 35.5. The van der Waals surface area contributed by atoms with E-state index < -0.39 is 0 Å². The Kier molecular flexibility index (Phi) is 7.25. The number of rotatable bonds is 6. The van der Waals surface area contributed by atoms with Gasteiger partial charge < -0.3 is 15.2 Å². The third-order valence-electron chi connectivity index (χ3n) is 4.00. The number of aromatic nitrogens is 1. The summed E-state index contributed by atoms with van der Waals surface area (Å²) >= 11 is 1.51. The molecule has 0 spiro atoms. The van der Waals surface area contributed by atoms with Gasteiger partial charge in [0.15, 0.2) is 16.6 Å². The zero-order valence-electron chi connectivity index (χ0n) is 14.9. The summed E-state index contributed by atoms with van der Waals surface area (Å²) in [5.74, 6) is 1.00. The number of thiazole rings is 1. The predicted octanol–water partition coefficient (Wildman–Crippen LogP) is 3.43. The zero-order chi connectivity index (χ0) is 17.8. The largest absolute Gasteiger partial charge is 0.490 e. The van der Waals surface area contributed by atoms with E-state index in [9.17, 15) is 4.79 Å². The standard InChI is InChI=1S/C18H23N3O3S.ClH/c1-3-23-14-8-5-11(9-15(14)24-4-2)17(22)21-18-20-13-7-6-12(19)10-16(13)25-18;/h5,8-9,12H,3-4,6-7,10,19H2,1-2H3,(H,20,21,22);1H/t12-;/m0./s1. The van der Waals surface area contributed by atoms with Crippen LogP contribution < -0.4 is 20.5 Å². The third-order valence-corrected chi connectivity index (χ3v) is 5.04. The normalized spacial score (nSPS) is 15.6. The Balaban J connectivity index is 0.00000243. The number of carbonyl (C=O) groups is 1. The van der Waals surface area contributed by atoms with Crippen molar-refractivity contribution >= 4 is 34.8 Å². The number of nitrogens with one attached hydrogen (secondary N) is 1. The van der Waals surface area contributed by atoms with Gasteiger partial charge in [-0.25, -0.2) is 4.98 Å². The number of hydrogen-bond donors (Lipinski definition) is 2. The molecular formula is C18H24ClN3O3S. The lowest BCUT2D eigenvalue weighted by Gasteiger charge is -2.15. The van der Waals surface area contributed by atoms with Crippen LogP contribution in [0.3, 0.4) is 0 Å². The molecule has 8 heteroatoms. The van der Waals surface area contributed by atoms with E-state index in [1.165, 1.54) is 16.2 Å². The molecule has 0 aliphatic heterocycles. The molecule has 0 radical (unpaired) electrons. The van der Waals surface area contributed by atoms with Crippen LogP contribution in [-0.2, 0) is 12.8 Å². The highest BCUT2D eigenvalue weighted by Gasteiger charge is 2.21. The Morgan fingerprint density at radius 3 is 2.77 bits per heavy atom. The molecule has 1 heterocycles. The molecule has 0 saturated heterocycles. The fourth-order valence-electron chi connectivity index (χ4n) is 2.82. The van der Waals surface area contributed by atoms with Crippen LogP contribution in [0.15, 0.2) is 18.2 Å². The molecule has 1 aromatic carbocycles. The summed E-state index contributed by atoms with van der Waals surface area (Å²) in [7, 11) is 0. The first-order valence-corrected chi connectivity index (χ1v) is 9.37. The van der Waals surface area contributed by atoms with Gasteiger partial charge in [0.2, 0.25) is 0 Å². The van der Waals surface area contributed by atoms with Crippen molar-refractivity contribution in [2.75, 3.05) is 18.5 Å². The number of nitrogens with zero attached hydrogens (tertiary/aromatic N) is 1. The summed E-state index contributed by atoms with van der Waals surface area (Å²) in [6, 6.07) is 5.38. The Morgan fingerprint density at radius 1 is 1.31 bits per heavy atom. The monoisotopic (exact) mass is 397 g/mol. The van der Waals surface area contributed by atoms with Gasteiger partial charge >= 0.3 is 0 Å². The fourth-order valence-corrected chi connectivity index (χ4v) is 3.91. The number of fused-ring (bicyclic) bond motifs is 1. The number of anilines is 1. The molecule has 6 nitrogen and oxygen atoms in total. The van der Waals surface area contributed by atoms with Crippen molar-refractivity contribution in [3.8, 4) is 11.5 Å². The Hall–Kier alpha value is -1.83. The Morgan fingerprint density at radius 2 is 2.04 bits per heavy atom. The lowest BCUT2D eigenvalue weighted by molar-refractivity contribution is 0.102. The average Bonchev–Trinajstić information content (AvgIpc) is 2.98. The molecule has 3 N–H and O–H groups in total. The van der Waals surface area contributed by atoms with Crippen LogP contribution in [0.5, 0.6) is 11.5 Å². The van der Waals surface area contributed by atoms with E-state index in [1.54, 1.807) is 18.2 Å². The van der Waals surface area contributed by atoms with Crippen LogP contribution in [0.2, 0.25) is 0 Å². The molecule has 0 bridgehead atoms. The number of halogens is 1. The maximum absolute atomic E-state index is 12.6. The predicted molar refractivity (Wildman–Crippen MR) is 106 cm³/mol.